The Hall–Kier alpha value is -0.890. The van der Waals surface area contributed by atoms with Crippen molar-refractivity contribution >= 4 is 5.78 Å². The first-order valence-electron chi connectivity index (χ1n) is 2.92. The lowest BCUT2D eigenvalue weighted by Gasteiger charge is -1.78. The molecular formula is C7H6O2. The third kappa shape index (κ3) is 0.715. The number of allylic oxidation sites excluding steroid dienone is 2. The van der Waals surface area contributed by atoms with E-state index >= 15 is 0 Å². The van der Waals surface area contributed by atoms with Crippen LogP contribution in [0.15, 0.2) is 24.3 Å². The minimum atomic E-state index is -0.153. The third-order valence-corrected chi connectivity index (χ3v) is 1.48. The van der Waals surface area contributed by atoms with Gasteiger partial charge in [-0.15, -0.1) is 0 Å². The summed E-state index contributed by atoms with van der Waals surface area (Å²) in [6, 6.07) is 0. The van der Waals surface area contributed by atoms with Crippen molar-refractivity contribution in [2.24, 2.45) is 0 Å². The first-order chi connectivity index (χ1) is 4.38. The second kappa shape index (κ2) is 1.54. The molecule has 0 aromatic heterocycles. The molecule has 9 heavy (non-hydrogen) atoms. The van der Waals surface area contributed by atoms with Crippen LogP contribution in [0.5, 0.6) is 0 Å². The lowest BCUT2D eigenvalue weighted by molar-refractivity contribution is -0.115. The highest BCUT2D eigenvalue weighted by atomic mass is 16.6. The van der Waals surface area contributed by atoms with Gasteiger partial charge in [0.1, 0.15) is 6.10 Å². The van der Waals surface area contributed by atoms with Crippen molar-refractivity contribution in [3.05, 3.63) is 24.3 Å². The normalized spacial score (nSPS) is 38.0. The molecule has 1 fully saturated rings. The number of ether oxygens (including phenoxy) is 1. The highest BCUT2D eigenvalue weighted by Crippen LogP contribution is 2.25. The van der Waals surface area contributed by atoms with Gasteiger partial charge < -0.3 is 4.74 Å². The highest BCUT2D eigenvalue weighted by Gasteiger charge is 2.41. The van der Waals surface area contributed by atoms with E-state index in [1.165, 1.54) is 0 Å². The standard InChI is InChI=1S/C7H6O2/c8-5-3-1-2-4-6-7(5)9-6/h1-4,6-7H. The predicted octanol–water partition coefficient (Wildman–Crippen LogP) is 0.449. The molecule has 0 aromatic carbocycles. The molecular weight excluding hydrogens is 116 g/mol. The molecule has 1 aliphatic carbocycles. The van der Waals surface area contributed by atoms with Crippen molar-refractivity contribution < 1.29 is 9.53 Å². The first-order valence-corrected chi connectivity index (χ1v) is 2.92. The molecule has 2 aliphatic rings. The molecule has 0 bridgehead atoms. The van der Waals surface area contributed by atoms with Gasteiger partial charge in [0.15, 0.2) is 11.9 Å². The van der Waals surface area contributed by atoms with E-state index < -0.39 is 0 Å². The Morgan fingerprint density at radius 3 is 3.22 bits per heavy atom. The summed E-state index contributed by atoms with van der Waals surface area (Å²) in [4.78, 5) is 10.8. The van der Waals surface area contributed by atoms with Gasteiger partial charge in [0.05, 0.1) is 0 Å². The highest BCUT2D eigenvalue weighted by molar-refractivity contribution is 5.96. The maximum Gasteiger partial charge on any atom is 0.187 e. The van der Waals surface area contributed by atoms with Crippen LogP contribution in [-0.4, -0.2) is 18.0 Å². The van der Waals surface area contributed by atoms with E-state index in [-0.39, 0.29) is 18.0 Å². The number of rotatable bonds is 0. The van der Waals surface area contributed by atoms with Crippen molar-refractivity contribution in [2.45, 2.75) is 12.2 Å². The molecule has 0 aromatic rings. The summed E-state index contributed by atoms with van der Waals surface area (Å²) >= 11 is 0. The molecule has 1 heterocycles. The van der Waals surface area contributed by atoms with Crippen LogP contribution in [0.25, 0.3) is 0 Å². The van der Waals surface area contributed by atoms with Crippen LogP contribution in [-0.2, 0) is 9.53 Å². The van der Waals surface area contributed by atoms with Gasteiger partial charge in [-0.3, -0.25) is 4.79 Å². The van der Waals surface area contributed by atoms with Crippen molar-refractivity contribution in [2.75, 3.05) is 0 Å². The zero-order valence-corrected chi connectivity index (χ0v) is 4.78. The van der Waals surface area contributed by atoms with Crippen molar-refractivity contribution in [3.63, 3.8) is 0 Å². The van der Waals surface area contributed by atoms with E-state index in [0.717, 1.165) is 0 Å². The van der Waals surface area contributed by atoms with Gasteiger partial charge in [0, 0.05) is 0 Å². The van der Waals surface area contributed by atoms with Gasteiger partial charge in [-0.1, -0.05) is 18.2 Å². The molecule has 2 atom stereocenters. The average molecular weight is 122 g/mol. The summed E-state index contributed by atoms with van der Waals surface area (Å²) in [6.07, 6.45) is 6.96. The fourth-order valence-corrected chi connectivity index (χ4v) is 0.918. The minimum absolute atomic E-state index is 0.0764. The topological polar surface area (TPSA) is 29.6 Å². The Morgan fingerprint density at radius 2 is 2.33 bits per heavy atom. The van der Waals surface area contributed by atoms with E-state index in [9.17, 15) is 4.79 Å². The second-order valence-electron chi connectivity index (χ2n) is 2.17. The van der Waals surface area contributed by atoms with E-state index in [1.54, 1.807) is 12.2 Å². The van der Waals surface area contributed by atoms with E-state index in [0.29, 0.717) is 0 Å². The molecule has 0 radical (unpaired) electrons. The van der Waals surface area contributed by atoms with Gasteiger partial charge in [0.2, 0.25) is 0 Å². The summed E-state index contributed by atoms with van der Waals surface area (Å²) < 4.78 is 4.98. The molecule has 1 aliphatic heterocycles. The summed E-state index contributed by atoms with van der Waals surface area (Å²) in [5.74, 6) is 0.0880. The number of epoxide rings is 1. The van der Waals surface area contributed by atoms with E-state index in [1.807, 2.05) is 12.2 Å². The molecule has 1 saturated heterocycles. The first kappa shape index (κ1) is 4.94. The molecule has 0 amide bonds. The summed E-state index contributed by atoms with van der Waals surface area (Å²) in [5, 5.41) is 0. The monoisotopic (exact) mass is 122 g/mol. The zero-order chi connectivity index (χ0) is 6.27. The van der Waals surface area contributed by atoms with Gasteiger partial charge >= 0.3 is 0 Å². The lowest BCUT2D eigenvalue weighted by Crippen LogP contribution is -2.03. The largest absolute Gasteiger partial charge is 0.356 e. The number of carbonyl (C=O) groups is 1. The summed E-state index contributed by atoms with van der Waals surface area (Å²) in [6.45, 7) is 0. The Kier molecular flexibility index (Phi) is 0.848. The zero-order valence-electron chi connectivity index (χ0n) is 4.78. The maximum absolute atomic E-state index is 10.8. The van der Waals surface area contributed by atoms with Crippen LogP contribution in [0.4, 0.5) is 0 Å². The quantitative estimate of drug-likeness (QED) is 0.436. The smallest absolute Gasteiger partial charge is 0.187 e. The summed E-state index contributed by atoms with van der Waals surface area (Å²) in [5.41, 5.74) is 0. The average Bonchev–Trinajstić information content (AvgIpc) is 2.55. The van der Waals surface area contributed by atoms with Crippen LogP contribution in [0.2, 0.25) is 0 Å². The van der Waals surface area contributed by atoms with Crippen LogP contribution in [0, 0.1) is 0 Å². The van der Waals surface area contributed by atoms with E-state index in [4.69, 9.17) is 4.74 Å². The van der Waals surface area contributed by atoms with Crippen LogP contribution in [0.1, 0.15) is 0 Å². The predicted molar refractivity (Wildman–Crippen MR) is 31.9 cm³/mol. The molecule has 2 heteroatoms. The number of ketones is 1. The molecule has 2 rings (SSSR count). The Bertz CT molecular complexity index is 203. The van der Waals surface area contributed by atoms with Gasteiger partial charge in [-0.25, -0.2) is 0 Å². The number of carbonyl (C=O) groups excluding carboxylic acids is 1. The molecule has 0 saturated carbocycles. The van der Waals surface area contributed by atoms with Crippen molar-refractivity contribution in [1.82, 2.24) is 0 Å². The lowest BCUT2D eigenvalue weighted by atomic mass is 10.2. The van der Waals surface area contributed by atoms with E-state index in [2.05, 4.69) is 0 Å². The number of hydrogen-bond donors (Lipinski definition) is 0. The van der Waals surface area contributed by atoms with Gasteiger partial charge in [-0.2, -0.15) is 0 Å². The third-order valence-electron chi connectivity index (χ3n) is 1.48. The Labute approximate surface area is 52.8 Å². The van der Waals surface area contributed by atoms with Gasteiger partial charge in [0.25, 0.3) is 0 Å². The molecule has 46 valence electrons. The SMILES string of the molecule is O=C1C=CC=CC2OC12. The fraction of sp³-hybridized carbons (Fsp3) is 0.286. The van der Waals surface area contributed by atoms with Crippen LogP contribution in [0.3, 0.4) is 0 Å². The number of hydrogen-bond acceptors (Lipinski definition) is 2. The van der Waals surface area contributed by atoms with Crippen molar-refractivity contribution in [3.8, 4) is 0 Å². The summed E-state index contributed by atoms with van der Waals surface area (Å²) in [7, 11) is 0. The molecule has 0 N–H and O–H groups in total. The Morgan fingerprint density at radius 1 is 1.44 bits per heavy atom. The Balaban J connectivity index is 2.26. The number of fused-ring (bicyclic) bond motifs is 1. The molecule has 2 nitrogen and oxygen atoms in total. The fourth-order valence-electron chi connectivity index (χ4n) is 0.918. The maximum atomic E-state index is 10.8. The van der Waals surface area contributed by atoms with Gasteiger partial charge in [-0.05, 0) is 6.08 Å². The minimum Gasteiger partial charge on any atom is -0.356 e. The molecule has 2 unspecified atom stereocenters. The second-order valence-corrected chi connectivity index (χ2v) is 2.17. The van der Waals surface area contributed by atoms with Crippen LogP contribution >= 0.6 is 0 Å². The molecule has 0 spiro atoms. The van der Waals surface area contributed by atoms with Crippen molar-refractivity contribution in [1.29, 1.82) is 0 Å². The van der Waals surface area contributed by atoms with Crippen LogP contribution < -0.4 is 0 Å².